The van der Waals surface area contributed by atoms with Crippen molar-refractivity contribution >= 4 is 11.8 Å². The summed E-state index contributed by atoms with van der Waals surface area (Å²) in [5.41, 5.74) is -0.427. The molecule has 1 fully saturated rings. The molecule has 1 rings (SSSR count). The van der Waals surface area contributed by atoms with E-state index in [0.717, 1.165) is 12.2 Å². The van der Waals surface area contributed by atoms with E-state index in [-0.39, 0.29) is 0 Å². The second-order valence-corrected chi connectivity index (χ2v) is 2.65. The van der Waals surface area contributed by atoms with Gasteiger partial charge in [-0.3, -0.25) is 0 Å². The lowest BCUT2D eigenvalue weighted by molar-refractivity contribution is 0.111. The molecular formula is C4H7NO2S. The zero-order valence-electron chi connectivity index (χ0n) is 4.37. The fourth-order valence-electron chi connectivity index (χ4n) is 0.536. The Morgan fingerprint density at radius 3 is 3.00 bits per heavy atom. The molecule has 46 valence electrons. The van der Waals surface area contributed by atoms with Crippen molar-refractivity contribution in [1.82, 2.24) is 0 Å². The average Bonchev–Trinajstić information content (AvgIpc) is 1.90. The standard InChI is InChI=1S/C4H7NO2S/c6-5-4-7-2-1-3-8-4/h4H,1-3H2. The highest BCUT2D eigenvalue weighted by Crippen LogP contribution is 2.19. The minimum absolute atomic E-state index is 0.427. The molecule has 1 aliphatic rings. The molecule has 8 heavy (non-hydrogen) atoms. The molecular weight excluding hydrogens is 126 g/mol. The molecule has 0 aliphatic carbocycles. The van der Waals surface area contributed by atoms with Gasteiger partial charge in [0.15, 0.2) is 0 Å². The molecule has 0 radical (unpaired) electrons. The summed E-state index contributed by atoms with van der Waals surface area (Å²) < 4.78 is 4.91. The third kappa shape index (κ3) is 1.45. The number of ether oxygens (including phenoxy) is 1. The number of nitroso groups, excluding NO2 is 1. The van der Waals surface area contributed by atoms with Crippen molar-refractivity contribution in [3.63, 3.8) is 0 Å². The van der Waals surface area contributed by atoms with Crippen LogP contribution in [0.2, 0.25) is 0 Å². The van der Waals surface area contributed by atoms with Gasteiger partial charge in [-0.2, -0.15) is 0 Å². The molecule has 0 aromatic heterocycles. The van der Waals surface area contributed by atoms with Crippen molar-refractivity contribution in [3.8, 4) is 0 Å². The summed E-state index contributed by atoms with van der Waals surface area (Å²) >= 11 is 1.46. The van der Waals surface area contributed by atoms with Gasteiger partial charge in [0.05, 0.1) is 6.61 Å². The lowest BCUT2D eigenvalue weighted by Crippen LogP contribution is -2.13. The number of rotatable bonds is 1. The van der Waals surface area contributed by atoms with Gasteiger partial charge in [-0.15, -0.1) is 16.7 Å². The van der Waals surface area contributed by atoms with E-state index in [4.69, 9.17) is 4.74 Å². The summed E-state index contributed by atoms with van der Waals surface area (Å²) in [6.45, 7) is 0.684. The van der Waals surface area contributed by atoms with E-state index < -0.39 is 5.56 Å². The van der Waals surface area contributed by atoms with Crippen molar-refractivity contribution in [2.24, 2.45) is 5.18 Å². The molecule has 0 spiro atoms. The number of thioether (sulfide) groups is 1. The number of hydrogen-bond donors (Lipinski definition) is 0. The van der Waals surface area contributed by atoms with Gasteiger partial charge in [-0.05, 0) is 17.4 Å². The van der Waals surface area contributed by atoms with E-state index in [1.165, 1.54) is 11.8 Å². The van der Waals surface area contributed by atoms with E-state index in [0.29, 0.717) is 6.61 Å². The molecule has 0 N–H and O–H groups in total. The maximum atomic E-state index is 9.76. The zero-order chi connectivity index (χ0) is 5.82. The van der Waals surface area contributed by atoms with Crippen LogP contribution in [0.15, 0.2) is 5.18 Å². The monoisotopic (exact) mass is 133 g/mol. The van der Waals surface area contributed by atoms with Gasteiger partial charge < -0.3 is 4.74 Å². The largest absolute Gasteiger partial charge is 0.345 e. The predicted molar refractivity (Wildman–Crippen MR) is 32.6 cm³/mol. The maximum Gasteiger partial charge on any atom is 0.237 e. The van der Waals surface area contributed by atoms with Gasteiger partial charge in [-0.25, -0.2) is 0 Å². The minimum atomic E-state index is -0.427. The first-order valence-electron chi connectivity index (χ1n) is 2.49. The highest BCUT2D eigenvalue weighted by atomic mass is 32.2. The van der Waals surface area contributed by atoms with E-state index >= 15 is 0 Å². The molecule has 1 aliphatic heterocycles. The van der Waals surface area contributed by atoms with E-state index in [9.17, 15) is 4.91 Å². The first kappa shape index (κ1) is 6.04. The number of nitrogens with zero attached hydrogens (tertiary/aromatic N) is 1. The third-order valence-corrected chi connectivity index (χ3v) is 1.93. The zero-order valence-corrected chi connectivity index (χ0v) is 5.19. The number of hydrogen-bond acceptors (Lipinski definition) is 4. The van der Waals surface area contributed by atoms with Crippen LogP contribution < -0.4 is 0 Å². The molecule has 0 saturated carbocycles. The minimum Gasteiger partial charge on any atom is -0.345 e. The normalized spacial score (nSPS) is 29.8. The molecule has 1 atom stereocenters. The Balaban J connectivity index is 2.22. The summed E-state index contributed by atoms with van der Waals surface area (Å²) in [5, 5.41) is 2.74. The van der Waals surface area contributed by atoms with Crippen LogP contribution in [0, 0.1) is 4.91 Å². The van der Waals surface area contributed by atoms with E-state index in [1.54, 1.807) is 0 Å². The molecule has 1 saturated heterocycles. The highest BCUT2D eigenvalue weighted by Gasteiger charge is 2.12. The Labute approximate surface area is 51.8 Å². The van der Waals surface area contributed by atoms with E-state index in [2.05, 4.69) is 5.18 Å². The van der Waals surface area contributed by atoms with Gasteiger partial charge in [0.25, 0.3) is 0 Å². The van der Waals surface area contributed by atoms with Crippen LogP contribution in [-0.2, 0) is 4.74 Å². The van der Waals surface area contributed by atoms with Crippen molar-refractivity contribution in [1.29, 1.82) is 0 Å². The molecule has 0 amide bonds. The summed E-state index contributed by atoms with van der Waals surface area (Å²) in [5.74, 6) is 0.996. The van der Waals surface area contributed by atoms with Crippen molar-refractivity contribution in [2.75, 3.05) is 12.4 Å². The van der Waals surface area contributed by atoms with E-state index in [1.807, 2.05) is 0 Å². The topological polar surface area (TPSA) is 38.7 Å². The SMILES string of the molecule is O=NC1OCCCS1. The Hall–Kier alpha value is -0.0900. The lowest BCUT2D eigenvalue weighted by Gasteiger charge is -2.14. The van der Waals surface area contributed by atoms with Gasteiger partial charge in [0.2, 0.25) is 5.56 Å². The fourth-order valence-corrected chi connectivity index (χ4v) is 1.28. The Morgan fingerprint density at radius 2 is 2.62 bits per heavy atom. The quantitative estimate of drug-likeness (QED) is 0.504. The first-order chi connectivity index (χ1) is 3.93. The van der Waals surface area contributed by atoms with Crippen LogP contribution in [0.3, 0.4) is 0 Å². The highest BCUT2D eigenvalue weighted by molar-refractivity contribution is 7.99. The Morgan fingerprint density at radius 1 is 1.75 bits per heavy atom. The Kier molecular flexibility index (Phi) is 2.29. The molecule has 1 unspecified atom stereocenters. The fraction of sp³-hybridized carbons (Fsp3) is 1.00. The predicted octanol–water partition coefficient (Wildman–Crippen LogP) is 1.19. The summed E-state index contributed by atoms with van der Waals surface area (Å²) in [7, 11) is 0. The van der Waals surface area contributed by atoms with Gasteiger partial charge in [0, 0.05) is 0 Å². The van der Waals surface area contributed by atoms with Crippen LogP contribution in [0.5, 0.6) is 0 Å². The van der Waals surface area contributed by atoms with Crippen molar-refractivity contribution < 1.29 is 4.74 Å². The molecule has 0 bridgehead atoms. The van der Waals surface area contributed by atoms with Gasteiger partial charge in [0.1, 0.15) is 0 Å². The Bertz CT molecular complexity index is 82.1. The average molecular weight is 133 g/mol. The lowest BCUT2D eigenvalue weighted by atomic mass is 10.5. The summed E-state index contributed by atoms with van der Waals surface area (Å²) in [4.78, 5) is 9.76. The molecule has 1 heterocycles. The molecule has 0 aromatic rings. The second-order valence-electron chi connectivity index (χ2n) is 1.51. The van der Waals surface area contributed by atoms with Crippen LogP contribution in [0.1, 0.15) is 6.42 Å². The summed E-state index contributed by atoms with van der Waals surface area (Å²) in [6.07, 6.45) is 1.04. The van der Waals surface area contributed by atoms with Gasteiger partial charge in [-0.1, -0.05) is 0 Å². The van der Waals surface area contributed by atoms with Crippen molar-refractivity contribution in [2.45, 2.75) is 12.0 Å². The summed E-state index contributed by atoms with van der Waals surface area (Å²) in [6, 6.07) is 0. The molecule has 3 nitrogen and oxygen atoms in total. The van der Waals surface area contributed by atoms with Crippen LogP contribution in [0.25, 0.3) is 0 Å². The van der Waals surface area contributed by atoms with Crippen LogP contribution in [-0.4, -0.2) is 17.9 Å². The van der Waals surface area contributed by atoms with Crippen LogP contribution in [0.4, 0.5) is 0 Å². The molecule has 0 aromatic carbocycles. The first-order valence-corrected chi connectivity index (χ1v) is 3.54. The van der Waals surface area contributed by atoms with Crippen molar-refractivity contribution in [3.05, 3.63) is 4.91 Å². The molecule has 4 heteroatoms. The maximum absolute atomic E-state index is 9.76. The van der Waals surface area contributed by atoms with Crippen LogP contribution >= 0.6 is 11.8 Å². The second kappa shape index (κ2) is 3.04. The third-order valence-electron chi connectivity index (χ3n) is 0.896. The van der Waals surface area contributed by atoms with Gasteiger partial charge >= 0.3 is 0 Å². The smallest absolute Gasteiger partial charge is 0.237 e.